The predicted octanol–water partition coefficient (Wildman–Crippen LogP) is 5.71. The molecule has 0 radical (unpaired) electrons. The number of pyridine rings is 1. The van der Waals surface area contributed by atoms with Crippen LogP contribution >= 0.6 is 11.3 Å². The number of nitrogens with one attached hydrogen (secondary N) is 2. The van der Waals surface area contributed by atoms with E-state index in [1.165, 1.54) is 23.3 Å². The molecule has 0 bridgehead atoms. The van der Waals surface area contributed by atoms with Gasteiger partial charge in [-0.3, -0.25) is 0 Å². The highest BCUT2D eigenvalue weighted by molar-refractivity contribution is 7.17. The number of aromatic nitrogens is 3. The third-order valence-electron chi connectivity index (χ3n) is 6.65. The Labute approximate surface area is 230 Å². The minimum atomic E-state index is -0.371. The van der Waals surface area contributed by atoms with Gasteiger partial charge in [-0.2, -0.15) is 0 Å². The lowest BCUT2D eigenvalue weighted by Gasteiger charge is -2.18. The van der Waals surface area contributed by atoms with Crippen molar-refractivity contribution in [3.8, 4) is 28.3 Å². The van der Waals surface area contributed by atoms with Crippen molar-refractivity contribution in [2.75, 3.05) is 38.2 Å². The van der Waals surface area contributed by atoms with Crippen LogP contribution in [0.4, 0.5) is 10.2 Å². The zero-order chi connectivity index (χ0) is 26.4. The largest absolute Gasteiger partial charge is 0.490 e. The summed E-state index contributed by atoms with van der Waals surface area (Å²) in [6.07, 6.45) is 2.74. The molecule has 6 rings (SSSR count). The molecule has 0 unspecified atom stereocenters. The summed E-state index contributed by atoms with van der Waals surface area (Å²) in [4.78, 5) is 4.22. The Bertz CT molecular complexity index is 1580. The molecule has 0 spiro atoms. The minimum absolute atomic E-state index is 0.281. The van der Waals surface area contributed by atoms with Crippen molar-refractivity contribution in [2.24, 2.45) is 0 Å². The number of hydrogen-bond acceptors (Lipinski definition) is 8. The molecule has 0 aliphatic carbocycles. The molecule has 1 aliphatic heterocycles. The molecule has 1 aliphatic rings. The van der Waals surface area contributed by atoms with Crippen LogP contribution in [-0.4, -0.2) is 48.1 Å². The van der Waals surface area contributed by atoms with Gasteiger partial charge in [0, 0.05) is 41.9 Å². The van der Waals surface area contributed by atoms with Crippen molar-refractivity contribution in [3.05, 3.63) is 89.2 Å². The van der Waals surface area contributed by atoms with Crippen LogP contribution in [0.25, 0.3) is 32.6 Å². The lowest BCUT2D eigenvalue weighted by Crippen LogP contribution is -2.23. The van der Waals surface area contributed by atoms with Gasteiger partial charge in [0.2, 0.25) is 0 Å². The first kappa shape index (κ1) is 25.4. The van der Waals surface area contributed by atoms with Gasteiger partial charge in [0.1, 0.15) is 35.4 Å². The number of halogens is 1. The number of ether oxygens (including phenoxy) is 2. The average molecular weight is 542 g/mol. The normalized spacial score (nSPS) is 12.8. The third kappa shape index (κ3) is 5.75. The quantitative estimate of drug-likeness (QED) is 0.219. The van der Waals surface area contributed by atoms with Crippen LogP contribution in [0.2, 0.25) is 0 Å². The van der Waals surface area contributed by atoms with Crippen molar-refractivity contribution in [2.45, 2.75) is 13.0 Å². The number of hydrogen-bond donors (Lipinski definition) is 2. The summed E-state index contributed by atoms with van der Waals surface area (Å²) in [7, 11) is 0. The molecule has 5 aromatic rings. The van der Waals surface area contributed by atoms with Crippen molar-refractivity contribution in [1.82, 2.24) is 20.5 Å². The smallest absolute Gasteiger partial charge is 0.131 e. The van der Waals surface area contributed by atoms with Crippen LogP contribution in [0.5, 0.6) is 5.75 Å². The van der Waals surface area contributed by atoms with Gasteiger partial charge in [-0.1, -0.05) is 18.2 Å². The molecule has 0 saturated carbocycles. The van der Waals surface area contributed by atoms with E-state index in [9.17, 15) is 4.39 Å². The molecule has 9 heteroatoms. The maximum atomic E-state index is 14.2. The molecule has 0 fully saturated rings. The Hall–Kier alpha value is -3.92. The standard InChI is InChI=1S/C30H28FN5O2S/c31-23-6-7-24(26(18-23)38-15-14-37-13-12-34-27-3-1-2-10-33-27)29-30-25(9-16-39-30)28(35-36-29)21-4-5-22-19-32-11-8-20(22)17-21/h1-7,9-10,16-18,32H,8,11-15,19H2,(H,33,34). The summed E-state index contributed by atoms with van der Waals surface area (Å²) in [5.41, 5.74) is 5.98. The van der Waals surface area contributed by atoms with Gasteiger partial charge in [-0.05, 0) is 65.9 Å². The van der Waals surface area contributed by atoms with E-state index in [4.69, 9.17) is 9.47 Å². The fourth-order valence-corrected chi connectivity index (χ4v) is 5.63. The maximum absolute atomic E-state index is 14.2. The highest BCUT2D eigenvalue weighted by Gasteiger charge is 2.19. The van der Waals surface area contributed by atoms with Crippen LogP contribution < -0.4 is 15.4 Å². The van der Waals surface area contributed by atoms with Gasteiger partial charge in [-0.15, -0.1) is 21.5 Å². The van der Waals surface area contributed by atoms with Gasteiger partial charge in [0.25, 0.3) is 0 Å². The molecule has 4 heterocycles. The topological polar surface area (TPSA) is 81.2 Å². The number of fused-ring (bicyclic) bond motifs is 2. The highest BCUT2D eigenvalue weighted by Crippen LogP contribution is 2.39. The molecule has 39 heavy (non-hydrogen) atoms. The van der Waals surface area contributed by atoms with E-state index >= 15 is 0 Å². The Morgan fingerprint density at radius 2 is 1.90 bits per heavy atom. The van der Waals surface area contributed by atoms with Crippen LogP contribution in [0.3, 0.4) is 0 Å². The lowest BCUT2D eigenvalue weighted by molar-refractivity contribution is 0.107. The maximum Gasteiger partial charge on any atom is 0.131 e. The first-order valence-electron chi connectivity index (χ1n) is 13.0. The van der Waals surface area contributed by atoms with E-state index in [1.807, 2.05) is 23.6 Å². The lowest BCUT2D eigenvalue weighted by atomic mass is 9.96. The Balaban J connectivity index is 1.17. The number of nitrogens with zero attached hydrogens (tertiary/aromatic N) is 3. The first-order chi connectivity index (χ1) is 19.3. The summed E-state index contributed by atoms with van der Waals surface area (Å²) in [5.74, 6) is 0.853. The number of anilines is 1. The fraction of sp³-hybridized carbons (Fsp3) is 0.233. The fourth-order valence-electron chi connectivity index (χ4n) is 4.73. The van der Waals surface area contributed by atoms with E-state index in [1.54, 1.807) is 23.6 Å². The molecule has 0 amide bonds. The number of benzene rings is 2. The SMILES string of the molecule is Fc1ccc(-c2nnc(-c3ccc4c(c3)CCNC4)c3ccsc23)c(OCCOCCNc2ccccn2)c1. The molecule has 2 aromatic carbocycles. The van der Waals surface area contributed by atoms with Crippen molar-refractivity contribution in [3.63, 3.8) is 0 Å². The van der Waals surface area contributed by atoms with Gasteiger partial charge in [-0.25, -0.2) is 9.37 Å². The summed E-state index contributed by atoms with van der Waals surface area (Å²) >= 11 is 1.60. The first-order valence-corrected chi connectivity index (χ1v) is 13.9. The second-order valence-corrected chi connectivity index (χ2v) is 10.1. The Morgan fingerprint density at radius 1 is 0.949 bits per heavy atom. The molecule has 7 nitrogen and oxygen atoms in total. The van der Waals surface area contributed by atoms with Crippen molar-refractivity contribution >= 4 is 27.2 Å². The third-order valence-corrected chi connectivity index (χ3v) is 7.57. The summed E-state index contributed by atoms with van der Waals surface area (Å²) < 4.78 is 26.9. The van der Waals surface area contributed by atoms with E-state index < -0.39 is 0 Å². The Kier molecular flexibility index (Phi) is 7.71. The molecule has 2 N–H and O–H groups in total. The molecule has 0 saturated heterocycles. The zero-order valence-corrected chi connectivity index (χ0v) is 22.1. The monoisotopic (exact) mass is 541 g/mol. The molecular formula is C30H28FN5O2S. The van der Waals surface area contributed by atoms with Gasteiger partial charge in [0.15, 0.2) is 0 Å². The summed E-state index contributed by atoms with van der Waals surface area (Å²) in [6.45, 7) is 3.65. The predicted molar refractivity (Wildman–Crippen MR) is 153 cm³/mol. The molecular weight excluding hydrogens is 513 g/mol. The van der Waals surface area contributed by atoms with E-state index in [-0.39, 0.29) is 12.4 Å². The van der Waals surface area contributed by atoms with Crippen LogP contribution in [0.1, 0.15) is 11.1 Å². The molecule has 0 atom stereocenters. The average Bonchev–Trinajstić information content (AvgIpc) is 3.47. The second-order valence-electron chi connectivity index (χ2n) is 9.21. The Morgan fingerprint density at radius 3 is 2.82 bits per heavy atom. The van der Waals surface area contributed by atoms with Crippen LogP contribution in [-0.2, 0) is 17.7 Å². The molecule has 198 valence electrons. The minimum Gasteiger partial charge on any atom is -0.490 e. The molecule has 3 aromatic heterocycles. The van der Waals surface area contributed by atoms with Gasteiger partial charge < -0.3 is 20.1 Å². The van der Waals surface area contributed by atoms with E-state index in [2.05, 4.69) is 50.1 Å². The van der Waals surface area contributed by atoms with Gasteiger partial charge in [0.05, 0.1) is 17.9 Å². The second kappa shape index (κ2) is 11.9. The zero-order valence-electron chi connectivity index (χ0n) is 21.3. The number of rotatable bonds is 10. The summed E-state index contributed by atoms with van der Waals surface area (Å²) in [5, 5.41) is 19.0. The van der Waals surface area contributed by atoms with Crippen LogP contribution in [0.15, 0.2) is 72.2 Å². The van der Waals surface area contributed by atoms with Crippen molar-refractivity contribution < 1.29 is 13.9 Å². The van der Waals surface area contributed by atoms with Crippen LogP contribution in [0, 0.1) is 5.82 Å². The van der Waals surface area contributed by atoms with Crippen molar-refractivity contribution in [1.29, 1.82) is 0 Å². The van der Waals surface area contributed by atoms with E-state index in [0.717, 1.165) is 46.7 Å². The highest BCUT2D eigenvalue weighted by atomic mass is 32.1. The van der Waals surface area contributed by atoms with E-state index in [0.29, 0.717) is 36.8 Å². The van der Waals surface area contributed by atoms with Gasteiger partial charge >= 0.3 is 0 Å². The summed E-state index contributed by atoms with van der Waals surface area (Å²) in [6, 6.07) is 18.8. The number of thiophene rings is 1.